The molecule has 11 heteroatoms. The summed E-state index contributed by atoms with van der Waals surface area (Å²) in [5.74, 6) is 2.08. The standard InChI is InChI=1S/C34H48N6O5/c1-7-8-21-44-32-36-29(22-35-40-19-9-10-20-40)30(37-33(41)45-34(2,3)4)31(38-32)39(23-25-11-15-27(42-5)16-12-25)24-26-13-17-28(43-6)18-14-26/h11-18,35H,7-10,19-24H2,1-6H3,(H,37,41). The van der Waals surface area contributed by atoms with E-state index in [4.69, 9.17) is 28.9 Å². The number of anilines is 2. The molecule has 2 aromatic carbocycles. The number of rotatable bonds is 15. The molecule has 0 saturated carbocycles. The van der Waals surface area contributed by atoms with E-state index >= 15 is 0 Å². The Morgan fingerprint density at radius 1 is 0.911 bits per heavy atom. The van der Waals surface area contributed by atoms with Gasteiger partial charge in [0.25, 0.3) is 0 Å². The average molecular weight is 621 g/mol. The Balaban J connectivity index is 1.81. The summed E-state index contributed by atoms with van der Waals surface area (Å²) >= 11 is 0. The molecule has 244 valence electrons. The van der Waals surface area contributed by atoms with Gasteiger partial charge in [-0.3, -0.25) is 5.32 Å². The fourth-order valence-corrected chi connectivity index (χ4v) is 4.90. The molecule has 0 spiro atoms. The number of methoxy groups -OCH3 is 2. The topological polar surface area (TPSA) is 110 Å². The molecular weight excluding hydrogens is 572 g/mol. The van der Waals surface area contributed by atoms with Crippen molar-refractivity contribution in [2.24, 2.45) is 0 Å². The summed E-state index contributed by atoms with van der Waals surface area (Å²) in [5.41, 5.74) is 5.97. The van der Waals surface area contributed by atoms with Gasteiger partial charge in [-0.2, -0.15) is 9.97 Å². The van der Waals surface area contributed by atoms with Crippen LogP contribution < -0.4 is 29.9 Å². The third-order valence-corrected chi connectivity index (χ3v) is 7.24. The molecule has 0 atom stereocenters. The van der Waals surface area contributed by atoms with Crippen molar-refractivity contribution in [3.63, 3.8) is 0 Å². The molecular formula is C34H48N6O5. The first-order valence-electron chi connectivity index (χ1n) is 15.7. The zero-order chi connectivity index (χ0) is 32.2. The van der Waals surface area contributed by atoms with Gasteiger partial charge in [0.05, 0.1) is 33.1 Å². The number of hydrogen-bond acceptors (Lipinski definition) is 10. The summed E-state index contributed by atoms with van der Waals surface area (Å²) in [4.78, 5) is 25.1. The molecule has 45 heavy (non-hydrogen) atoms. The van der Waals surface area contributed by atoms with Crippen molar-refractivity contribution in [3.05, 3.63) is 65.4 Å². The SMILES string of the molecule is CCCCOc1nc(CNN2CCCC2)c(NC(=O)OC(C)(C)C)c(N(Cc2ccc(OC)cc2)Cc2ccc(OC)cc2)n1. The van der Waals surface area contributed by atoms with Crippen molar-refractivity contribution in [3.8, 4) is 17.5 Å². The minimum Gasteiger partial charge on any atom is -0.497 e. The lowest BCUT2D eigenvalue weighted by atomic mass is 10.1. The van der Waals surface area contributed by atoms with E-state index in [1.54, 1.807) is 14.2 Å². The second-order valence-electron chi connectivity index (χ2n) is 12.1. The Morgan fingerprint density at radius 2 is 1.49 bits per heavy atom. The van der Waals surface area contributed by atoms with Crippen LogP contribution in [0, 0.1) is 0 Å². The summed E-state index contributed by atoms with van der Waals surface area (Å²) in [6, 6.07) is 16.1. The highest BCUT2D eigenvalue weighted by molar-refractivity contribution is 5.90. The summed E-state index contributed by atoms with van der Waals surface area (Å²) in [5, 5.41) is 5.20. The smallest absolute Gasteiger partial charge is 0.412 e. The van der Waals surface area contributed by atoms with Gasteiger partial charge in [0, 0.05) is 26.2 Å². The lowest BCUT2D eigenvalue weighted by molar-refractivity contribution is 0.0635. The van der Waals surface area contributed by atoms with Gasteiger partial charge in [-0.05, 0) is 75.4 Å². The van der Waals surface area contributed by atoms with Crippen LogP contribution in [0.1, 0.15) is 70.2 Å². The van der Waals surface area contributed by atoms with Crippen molar-refractivity contribution >= 4 is 17.6 Å². The van der Waals surface area contributed by atoms with Crippen LogP contribution in [0.5, 0.6) is 17.5 Å². The summed E-state index contributed by atoms with van der Waals surface area (Å²) in [6.07, 6.45) is 3.54. The van der Waals surface area contributed by atoms with Gasteiger partial charge in [0.1, 0.15) is 22.8 Å². The third-order valence-electron chi connectivity index (χ3n) is 7.24. The van der Waals surface area contributed by atoms with E-state index in [2.05, 4.69) is 27.6 Å². The van der Waals surface area contributed by atoms with Crippen LogP contribution >= 0.6 is 0 Å². The monoisotopic (exact) mass is 620 g/mol. The number of carbonyl (C=O) groups is 1. The van der Waals surface area contributed by atoms with Gasteiger partial charge in [-0.25, -0.2) is 15.2 Å². The minimum atomic E-state index is -0.686. The van der Waals surface area contributed by atoms with Gasteiger partial charge in [0.2, 0.25) is 0 Å². The Hall–Kier alpha value is -4.09. The maximum absolute atomic E-state index is 13.3. The fourth-order valence-electron chi connectivity index (χ4n) is 4.90. The lowest BCUT2D eigenvalue weighted by Crippen LogP contribution is -2.36. The van der Waals surface area contributed by atoms with Crippen LogP contribution in [0.25, 0.3) is 0 Å². The van der Waals surface area contributed by atoms with Crippen LogP contribution in [0.2, 0.25) is 0 Å². The van der Waals surface area contributed by atoms with Crippen LogP contribution in [-0.4, -0.2) is 60.6 Å². The summed E-state index contributed by atoms with van der Waals surface area (Å²) in [7, 11) is 3.30. The van der Waals surface area contributed by atoms with E-state index in [9.17, 15) is 4.79 Å². The molecule has 1 fully saturated rings. The zero-order valence-corrected chi connectivity index (χ0v) is 27.5. The highest BCUT2D eigenvalue weighted by atomic mass is 16.6. The molecule has 0 radical (unpaired) electrons. The molecule has 1 amide bonds. The van der Waals surface area contributed by atoms with Crippen molar-refractivity contribution < 1.29 is 23.7 Å². The van der Waals surface area contributed by atoms with Crippen LogP contribution in [0.3, 0.4) is 0 Å². The van der Waals surface area contributed by atoms with Crippen molar-refractivity contribution in [1.82, 2.24) is 20.4 Å². The quantitative estimate of drug-likeness (QED) is 0.187. The summed E-state index contributed by atoms with van der Waals surface area (Å²) in [6.45, 7) is 11.4. The van der Waals surface area contributed by atoms with Gasteiger partial charge in [-0.1, -0.05) is 37.6 Å². The Labute approximate surface area is 267 Å². The molecule has 1 saturated heterocycles. The first kappa shape index (κ1) is 33.8. The number of nitrogens with zero attached hydrogens (tertiary/aromatic N) is 4. The molecule has 0 aliphatic carbocycles. The lowest BCUT2D eigenvalue weighted by Gasteiger charge is -2.29. The first-order chi connectivity index (χ1) is 21.7. The number of hydrazine groups is 1. The molecule has 1 aliphatic rings. The fraction of sp³-hybridized carbons (Fsp3) is 0.500. The van der Waals surface area contributed by atoms with Gasteiger partial charge >= 0.3 is 12.1 Å². The molecule has 11 nitrogen and oxygen atoms in total. The number of unbranched alkanes of at least 4 members (excludes halogenated alkanes) is 1. The van der Waals surface area contributed by atoms with Gasteiger partial charge in [-0.15, -0.1) is 0 Å². The number of nitrogens with one attached hydrogen (secondary N) is 2. The Morgan fingerprint density at radius 3 is 2.00 bits per heavy atom. The Bertz CT molecular complexity index is 1310. The molecule has 2 N–H and O–H groups in total. The average Bonchev–Trinajstić information content (AvgIpc) is 3.54. The van der Waals surface area contributed by atoms with Crippen molar-refractivity contribution in [2.75, 3.05) is 44.1 Å². The number of ether oxygens (including phenoxy) is 4. The van der Waals surface area contributed by atoms with Crippen LogP contribution in [0.15, 0.2) is 48.5 Å². The number of amides is 1. The van der Waals surface area contributed by atoms with E-state index in [-0.39, 0.29) is 6.01 Å². The molecule has 4 rings (SSSR count). The van der Waals surface area contributed by atoms with Crippen molar-refractivity contribution in [1.29, 1.82) is 0 Å². The molecule has 3 aromatic rings. The predicted molar refractivity (Wildman–Crippen MR) is 176 cm³/mol. The predicted octanol–water partition coefficient (Wildman–Crippen LogP) is 6.33. The molecule has 0 unspecified atom stereocenters. The maximum Gasteiger partial charge on any atom is 0.412 e. The van der Waals surface area contributed by atoms with E-state index in [0.717, 1.165) is 61.4 Å². The van der Waals surface area contributed by atoms with Crippen LogP contribution in [0.4, 0.5) is 16.3 Å². The van der Waals surface area contributed by atoms with Gasteiger partial charge < -0.3 is 23.8 Å². The largest absolute Gasteiger partial charge is 0.497 e. The highest BCUT2D eigenvalue weighted by Crippen LogP contribution is 2.33. The number of benzene rings is 2. The molecule has 0 bridgehead atoms. The molecule has 1 aromatic heterocycles. The normalized spacial score (nSPS) is 13.4. The Kier molecular flexibility index (Phi) is 12.2. The molecule has 1 aliphatic heterocycles. The van der Waals surface area contributed by atoms with E-state index in [1.165, 1.54) is 0 Å². The summed E-state index contributed by atoms with van der Waals surface area (Å²) < 4.78 is 22.6. The minimum absolute atomic E-state index is 0.265. The van der Waals surface area contributed by atoms with E-state index in [1.807, 2.05) is 69.3 Å². The number of aromatic nitrogens is 2. The van der Waals surface area contributed by atoms with E-state index in [0.29, 0.717) is 43.4 Å². The molecule has 2 heterocycles. The zero-order valence-electron chi connectivity index (χ0n) is 27.5. The number of hydrogen-bond donors (Lipinski definition) is 2. The van der Waals surface area contributed by atoms with E-state index < -0.39 is 11.7 Å². The maximum atomic E-state index is 13.3. The first-order valence-corrected chi connectivity index (χ1v) is 15.7. The second kappa shape index (κ2) is 16.3. The highest BCUT2D eigenvalue weighted by Gasteiger charge is 2.26. The number of carbonyl (C=O) groups excluding carboxylic acids is 1. The second-order valence-corrected chi connectivity index (χ2v) is 12.1. The van der Waals surface area contributed by atoms with Gasteiger partial charge in [0.15, 0.2) is 5.82 Å². The van der Waals surface area contributed by atoms with Crippen molar-refractivity contribution in [2.45, 2.75) is 78.6 Å². The third kappa shape index (κ3) is 10.5. The van der Waals surface area contributed by atoms with Crippen LogP contribution in [-0.2, 0) is 24.4 Å².